The number of halogens is 1. The molecule has 1 amide bonds. The van der Waals surface area contributed by atoms with E-state index in [1.807, 2.05) is 17.0 Å². The van der Waals surface area contributed by atoms with Gasteiger partial charge in [0.15, 0.2) is 5.96 Å². The maximum atomic E-state index is 11.9. The number of guanidine groups is 1. The first-order valence-electron chi connectivity index (χ1n) is 11.4. The van der Waals surface area contributed by atoms with Crippen LogP contribution in [0.5, 0.6) is 0 Å². The van der Waals surface area contributed by atoms with E-state index in [2.05, 4.69) is 64.9 Å². The number of benzene rings is 2. The molecule has 2 aromatic carbocycles. The molecule has 2 aliphatic rings. The monoisotopic (exact) mass is 547 g/mol. The fourth-order valence-corrected chi connectivity index (χ4v) is 4.33. The molecule has 2 aromatic rings. The van der Waals surface area contributed by atoms with Crippen molar-refractivity contribution in [3.05, 3.63) is 60.2 Å². The van der Waals surface area contributed by atoms with E-state index < -0.39 is 0 Å². The maximum absolute atomic E-state index is 11.9. The van der Waals surface area contributed by atoms with Crippen LogP contribution in [0.4, 0.5) is 11.4 Å². The van der Waals surface area contributed by atoms with Crippen LogP contribution < -0.4 is 20.4 Å². The summed E-state index contributed by atoms with van der Waals surface area (Å²) in [5.41, 5.74) is 3.44. The van der Waals surface area contributed by atoms with Crippen LogP contribution in [-0.4, -0.2) is 44.6 Å². The number of amides is 1. The van der Waals surface area contributed by atoms with Gasteiger partial charge >= 0.3 is 0 Å². The summed E-state index contributed by atoms with van der Waals surface area (Å²) < 4.78 is 0. The molecule has 2 N–H and O–H groups in total. The van der Waals surface area contributed by atoms with Crippen LogP contribution in [0.15, 0.2) is 59.6 Å². The van der Waals surface area contributed by atoms with E-state index in [4.69, 9.17) is 4.99 Å². The van der Waals surface area contributed by atoms with E-state index in [1.54, 1.807) is 0 Å². The fourth-order valence-electron chi connectivity index (χ4n) is 4.33. The van der Waals surface area contributed by atoms with Gasteiger partial charge in [0.2, 0.25) is 5.91 Å². The summed E-state index contributed by atoms with van der Waals surface area (Å²) in [6.45, 7) is 7.47. The quantitative estimate of drug-likeness (QED) is 0.313. The molecule has 1 atom stereocenters. The molecule has 172 valence electrons. The Hall–Kier alpha value is -2.29. The lowest BCUT2D eigenvalue weighted by molar-refractivity contribution is -0.117. The number of hydrogen-bond acceptors (Lipinski definition) is 3. The van der Waals surface area contributed by atoms with Gasteiger partial charge in [0.1, 0.15) is 0 Å². The van der Waals surface area contributed by atoms with Gasteiger partial charge in [0, 0.05) is 50.5 Å². The van der Waals surface area contributed by atoms with E-state index in [1.165, 1.54) is 12.1 Å². The Morgan fingerprint density at radius 3 is 2.50 bits per heavy atom. The third-order valence-corrected chi connectivity index (χ3v) is 6.05. The second kappa shape index (κ2) is 12.1. The number of hydrogen-bond donors (Lipinski definition) is 2. The zero-order valence-corrected chi connectivity index (χ0v) is 21.1. The predicted molar refractivity (Wildman–Crippen MR) is 143 cm³/mol. The summed E-state index contributed by atoms with van der Waals surface area (Å²) in [5, 5.41) is 6.88. The Balaban J connectivity index is 0.00000289. The molecule has 2 aliphatic heterocycles. The minimum atomic E-state index is 0. The van der Waals surface area contributed by atoms with Gasteiger partial charge in [-0.3, -0.25) is 4.79 Å². The molecule has 0 radical (unpaired) electrons. The van der Waals surface area contributed by atoms with Crippen molar-refractivity contribution >= 4 is 47.2 Å². The van der Waals surface area contributed by atoms with Gasteiger partial charge in [-0.25, -0.2) is 4.99 Å². The van der Waals surface area contributed by atoms with Crippen molar-refractivity contribution in [3.63, 3.8) is 0 Å². The first-order chi connectivity index (χ1) is 15.2. The standard InChI is InChI=1S/C25H33N5O.HI/c1-2-26-25(28-18-21-14-16-29(19-21)22-7-4-3-5-8-22)27-17-20-10-12-23(13-11-20)30-15-6-9-24(30)31;/h3-5,7-8,10-13,21H,2,6,9,14-19H2,1H3,(H2,26,27,28);1H. The van der Waals surface area contributed by atoms with Crippen LogP contribution in [0, 0.1) is 5.92 Å². The van der Waals surface area contributed by atoms with Crippen molar-refractivity contribution in [2.24, 2.45) is 10.9 Å². The zero-order chi connectivity index (χ0) is 21.5. The Morgan fingerprint density at radius 2 is 1.81 bits per heavy atom. The van der Waals surface area contributed by atoms with Crippen molar-refractivity contribution in [2.45, 2.75) is 32.7 Å². The largest absolute Gasteiger partial charge is 0.371 e. The van der Waals surface area contributed by atoms with Gasteiger partial charge in [-0.1, -0.05) is 30.3 Å². The van der Waals surface area contributed by atoms with Crippen molar-refractivity contribution in [1.29, 1.82) is 0 Å². The highest BCUT2D eigenvalue weighted by molar-refractivity contribution is 14.0. The summed E-state index contributed by atoms with van der Waals surface area (Å²) in [5.74, 6) is 1.70. The Labute approximate surface area is 208 Å². The SMILES string of the molecule is CCNC(=NCc1ccc(N2CCCC2=O)cc1)NCC1CCN(c2ccccc2)C1.I. The molecular weight excluding hydrogens is 513 g/mol. The zero-order valence-electron chi connectivity index (χ0n) is 18.8. The van der Waals surface area contributed by atoms with Crippen LogP contribution in [0.25, 0.3) is 0 Å². The van der Waals surface area contributed by atoms with E-state index in [-0.39, 0.29) is 29.9 Å². The average molecular weight is 547 g/mol. The summed E-state index contributed by atoms with van der Waals surface area (Å²) in [7, 11) is 0. The number of carbonyl (C=O) groups is 1. The topological polar surface area (TPSA) is 60.0 Å². The molecule has 32 heavy (non-hydrogen) atoms. The lowest BCUT2D eigenvalue weighted by atomic mass is 10.1. The molecule has 6 nitrogen and oxygen atoms in total. The number of para-hydroxylation sites is 1. The molecule has 2 saturated heterocycles. The lowest BCUT2D eigenvalue weighted by Gasteiger charge is -2.19. The minimum Gasteiger partial charge on any atom is -0.371 e. The van der Waals surface area contributed by atoms with Gasteiger partial charge in [-0.2, -0.15) is 0 Å². The fraction of sp³-hybridized carbons (Fsp3) is 0.440. The highest BCUT2D eigenvalue weighted by atomic mass is 127. The average Bonchev–Trinajstić information content (AvgIpc) is 3.46. The van der Waals surface area contributed by atoms with Crippen molar-refractivity contribution in [3.8, 4) is 0 Å². The molecule has 0 saturated carbocycles. The van der Waals surface area contributed by atoms with Crippen molar-refractivity contribution in [1.82, 2.24) is 10.6 Å². The van der Waals surface area contributed by atoms with Crippen LogP contribution >= 0.6 is 24.0 Å². The molecule has 7 heteroatoms. The number of nitrogens with one attached hydrogen (secondary N) is 2. The smallest absolute Gasteiger partial charge is 0.227 e. The van der Waals surface area contributed by atoms with Crippen LogP contribution in [0.3, 0.4) is 0 Å². The van der Waals surface area contributed by atoms with Crippen molar-refractivity contribution in [2.75, 3.05) is 42.5 Å². The molecule has 2 fully saturated rings. The molecule has 0 aromatic heterocycles. The third-order valence-electron chi connectivity index (χ3n) is 6.05. The summed E-state index contributed by atoms with van der Waals surface area (Å²) in [6.07, 6.45) is 2.80. The van der Waals surface area contributed by atoms with E-state index in [9.17, 15) is 4.79 Å². The number of carbonyl (C=O) groups excluding carboxylic acids is 1. The van der Waals surface area contributed by atoms with Gasteiger partial charge in [0.05, 0.1) is 6.54 Å². The molecule has 0 aliphatic carbocycles. The number of nitrogens with zero attached hydrogens (tertiary/aromatic N) is 3. The third kappa shape index (κ3) is 6.37. The molecule has 4 rings (SSSR count). The van der Waals surface area contributed by atoms with Crippen molar-refractivity contribution < 1.29 is 4.79 Å². The summed E-state index contributed by atoms with van der Waals surface area (Å²) in [4.78, 5) is 21.0. The second-order valence-electron chi connectivity index (χ2n) is 8.33. The van der Waals surface area contributed by atoms with Crippen LogP contribution in [0.1, 0.15) is 31.7 Å². The molecule has 1 unspecified atom stereocenters. The highest BCUT2D eigenvalue weighted by Crippen LogP contribution is 2.23. The van der Waals surface area contributed by atoms with E-state index >= 15 is 0 Å². The number of rotatable bonds is 7. The summed E-state index contributed by atoms with van der Waals surface area (Å²) in [6, 6.07) is 18.9. The highest BCUT2D eigenvalue weighted by Gasteiger charge is 2.23. The van der Waals surface area contributed by atoms with Gasteiger partial charge in [0.25, 0.3) is 0 Å². The van der Waals surface area contributed by atoms with Crippen LogP contribution in [-0.2, 0) is 11.3 Å². The molecule has 0 bridgehead atoms. The number of anilines is 2. The Kier molecular flexibility index (Phi) is 9.20. The number of aliphatic imine (C=N–C) groups is 1. The van der Waals surface area contributed by atoms with Gasteiger partial charge in [-0.15, -0.1) is 24.0 Å². The van der Waals surface area contributed by atoms with Crippen LogP contribution in [0.2, 0.25) is 0 Å². The first-order valence-corrected chi connectivity index (χ1v) is 11.4. The Morgan fingerprint density at radius 1 is 1.03 bits per heavy atom. The van der Waals surface area contributed by atoms with E-state index in [0.717, 1.165) is 56.4 Å². The lowest BCUT2D eigenvalue weighted by Crippen LogP contribution is -2.40. The normalized spacial score (nSPS) is 18.6. The first kappa shape index (κ1) is 24.4. The minimum absolute atomic E-state index is 0. The molecular formula is C25H34IN5O. The maximum Gasteiger partial charge on any atom is 0.227 e. The van der Waals surface area contributed by atoms with Gasteiger partial charge in [-0.05, 0) is 55.5 Å². The Bertz CT molecular complexity index is 887. The molecule has 2 heterocycles. The molecule has 0 spiro atoms. The van der Waals surface area contributed by atoms with Gasteiger partial charge < -0.3 is 20.4 Å². The van der Waals surface area contributed by atoms with E-state index in [0.29, 0.717) is 18.9 Å². The second-order valence-corrected chi connectivity index (χ2v) is 8.33. The predicted octanol–water partition coefficient (Wildman–Crippen LogP) is 4.01. The summed E-state index contributed by atoms with van der Waals surface area (Å²) >= 11 is 0.